The van der Waals surface area contributed by atoms with Crippen molar-refractivity contribution in [2.24, 2.45) is 0 Å². The first-order valence-electron chi connectivity index (χ1n) is 19.3. The lowest BCUT2D eigenvalue weighted by Gasteiger charge is -2.10. The van der Waals surface area contributed by atoms with Gasteiger partial charge in [-0.1, -0.05) is 140 Å². The molecule has 0 spiro atoms. The normalized spacial score (nSPS) is 11.4. The van der Waals surface area contributed by atoms with Gasteiger partial charge < -0.3 is 8.98 Å². The van der Waals surface area contributed by atoms with Crippen molar-refractivity contribution in [1.29, 1.82) is 0 Å². The lowest BCUT2D eigenvalue weighted by Crippen LogP contribution is -2.00. The lowest BCUT2D eigenvalue weighted by atomic mass is 9.99. The van der Waals surface area contributed by atoms with E-state index in [4.69, 9.17) is 24.4 Å². The highest BCUT2D eigenvalue weighted by atomic mass is 16.3. The predicted octanol–water partition coefficient (Wildman–Crippen LogP) is 13.1. The van der Waals surface area contributed by atoms with Crippen LogP contribution in [0.2, 0.25) is 0 Å². The predicted molar refractivity (Wildman–Crippen MR) is 234 cm³/mol. The molecule has 0 amide bonds. The number of hydrogen-bond acceptors (Lipinski definition) is 5. The summed E-state index contributed by atoms with van der Waals surface area (Å²) in [6.07, 6.45) is 0. The molecule has 0 saturated heterocycles. The molecule has 3 heterocycles. The summed E-state index contributed by atoms with van der Waals surface area (Å²) in [5.41, 5.74) is 12.7. The molecule has 0 aliphatic carbocycles. The Morgan fingerprint density at radius 3 is 1.67 bits per heavy atom. The van der Waals surface area contributed by atoms with E-state index in [9.17, 15) is 0 Å². The van der Waals surface area contributed by atoms with Crippen LogP contribution in [0, 0.1) is 0 Å². The van der Waals surface area contributed by atoms with Crippen molar-refractivity contribution >= 4 is 32.9 Å². The summed E-state index contributed by atoms with van der Waals surface area (Å²) in [6, 6.07) is 68.8. The van der Waals surface area contributed by atoms with Gasteiger partial charge >= 0.3 is 0 Å². The fourth-order valence-electron chi connectivity index (χ4n) is 7.88. The first kappa shape index (κ1) is 33.4. The average Bonchev–Trinajstić information content (AvgIpc) is 3.90. The van der Waals surface area contributed by atoms with E-state index in [1.807, 2.05) is 72.8 Å². The van der Waals surface area contributed by atoms with E-state index in [2.05, 4.69) is 132 Å². The Morgan fingerprint density at radius 2 is 0.897 bits per heavy atom. The maximum absolute atomic E-state index is 6.64. The molecule has 0 aliphatic rings. The number of para-hydroxylation sites is 3. The lowest BCUT2D eigenvalue weighted by molar-refractivity contribution is 0.620. The van der Waals surface area contributed by atoms with Gasteiger partial charge in [-0.15, -0.1) is 0 Å². The molecular weight excluding hydrogens is 711 g/mol. The van der Waals surface area contributed by atoms with Crippen LogP contribution in [0.1, 0.15) is 0 Å². The van der Waals surface area contributed by atoms with Gasteiger partial charge in [0.1, 0.15) is 5.52 Å². The number of aromatic nitrogens is 5. The SMILES string of the molecule is c1ccc(-c2ccc(-c3cccc(-c4nc5cccc(-c6nc(-c7ccccc7)nc(-c7ccc8c(c7)c7ccccc7n8-c7ccccc7)n6)c5o4)c3)cc2)cc1. The van der Waals surface area contributed by atoms with E-state index in [1.54, 1.807) is 0 Å². The summed E-state index contributed by atoms with van der Waals surface area (Å²) < 4.78 is 8.94. The molecule has 0 bridgehead atoms. The molecule has 6 heteroatoms. The summed E-state index contributed by atoms with van der Waals surface area (Å²) in [7, 11) is 0. The van der Waals surface area contributed by atoms with Crippen LogP contribution in [-0.4, -0.2) is 24.5 Å². The van der Waals surface area contributed by atoms with E-state index in [1.165, 1.54) is 11.1 Å². The van der Waals surface area contributed by atoms with Crippen molar-refractivity contribution < 1.29 is 4.42 Å². The molecule has 0 aliphatic heterocycles. The molecule has 0 fully saturated rings. The zero-order valence-corrected chi connectivity index (χ0v) is 31.2. The minimum atomic E-state index is 0.510. The molecular formula is C52H33N5O. The molecule has 0 atom stereocenters. The quantitative estimate of drug-likeness (QED) is 0.163. The summed E-state index contributed by atoms with van der Waals surface area (Å²) in [5.74, 6) is 2.19. The van der Waals surface area contributed by atoms with E-state index in [-0.39, 0.29) is 0 Å². The zero-order valence-electron chi connectivity index (χ0n) is 31.2. The summed E-state index contributed by atoms with van der Waals surface area (Å²) >= 11 is 0. The van der Waals surface area contributed by atoms with E-state index in [0.29, 0.717) is 28.9 Å². The fourth-order valence-corrected chi connectivity index (χ4v) is 7.88. The second kappa shape index (κ2) is 14.0. The molecule has 11 aromatic rings. The highest BCUT2D eigenvalue weighted by Gasteiger charge is 2.20. The minimum Gasteiger partial charge on any atom is -0.435 e. The van der Waals surface area contributed by atoms with Gasteiger partial charge in [-0.3, -0.25) is 0 Å². The Hall–Kier alpha value is -7.96. The number of fused-ring (bicyclic) bond motifs is 4. The van der Waals surface area contributed by atoms with Crippen LogP contribution in [0.3, 0.4) is 0 Å². The molecule has 8 aromatic carbocycles. The molecule has 11 rings (SSSR count). The third kappa shape index (κ3) is 5.92. The molecule has 272 valence electrons. The smallest absolute Gasteiger partial charge is 0.227 e. The van der Waals surface area contributed by atoms with Crippen molar-refractivity contribution in [1.82, 2.24) is 24.5 Å². The van der Waals surface area contributed by atoms with Crippen LogP contribution in [0.25, 0.3) is 106 Å². The van der Waals surface area contributed by atoms with Gasteiger partial charge in [0.15, 0.2) is 23.1 Å². The number of benzene rings is 8. The van der Waals surface area contributed by atoms with Crippen molar-refractivity contribution in [3.05, 3.63) is 200 Å². The Morgan fingerprint density at radius 1 is 0.345 bits per heavy atom. The Balaban J connectivity index is 1.01. The third-order valence-corrected chi connectivity index (χ3v) is 10.7. The number of rotatable bonds is 7. The van der Waals surface area contributed by atoms with E-state index >= 15 is 0 Å². The van der Waals surface area contributed by atoms with E-state index in [0.717, 1.165) is 66.4 Å². The van der Waals surface area contributed by atoms with Gasteiger partial charge in [0.2, 0.25) is 5.89 Å². The van der Waals surface area contributed by atoms with Crippen LogP contribution in [0.15, 0.2) is 205 Å². The minimum absolute atomic E-state index is 0.510. The van der Waals surface area contributed by atoms with Gasteiger partial charge in [-0.05, 0) is 82.9 Å². The summed E-state index contributed by atoms with van der Waals surface area (Å²) in [4.78, 5) is 20.2. The average molecular weight is 744 g/mol. The Kier molecular flexibility index (Phi) is 8.04. The number of hydrogen-bond donors (Lipinski definition) is 0. The van der Waals surface area contributed by atoms with Crippen LogP contribution < -0.4 is 0 Å². The monoisotopic (exact) mass is 743 g/mol. The fraction of sp³-hybridized carbons (Fsp3) is 0. The largest absolute Gasteiger partial charge is 0.435 e. The van der Waals surface area contributed by atoms with Crippen molar-refractivity contribution in [3.63, 3.8) is 0 Å². The molecule has 0 radical (unpaired) electrons. The van der Waals surface area contributed by atoms with Gasteiger partial charge in [-0.25, -0.2) is 19.9 Å². The van der Waals surface area contributed by atoms with Gasteiger partial charge in [-0.2, -0.15) is 0 Å². The number of oxazole rings is 1. The van der Waals surface area contributed by atoms with Crippen LogP contribution in [-0.2, 0) is 0 Å². The first-order valence-corrected chi connectivity index (χ1v) is 19.3. The molecule has 3 aromatic heterocycles. The van der Waals surface area contributed by atoms with Gasteiger partial charge in [0.05, 0.1) is 16.6 Å². The summed E-state index contributed by atoms with van der Waals surface area (Å²) in [5, 5.41) is 2.28. The molecule has 0 saturated carbocycles. The Labute approximate surface area is 334 Å². The molecule has 58 heavy (non-hydrogen) atoms. The topological polar surface area (TPSA) is 69.6 Å². The van der Waals surface area contributed by atoms with Crippen LogP contribution >= 0.6 is 0 Å². The second-order valence-corrected chi connectivity index (χ2v) is 14.3. The molecule has 0 unspecified atom stereocenters. The van der Waals surface area contributed by atoms with Crippen LogP contribution in [0.4, 0.5) is 0 Å². The van der Waals surface area contributed by atoms with Gasteiger partial charge in [0.25, 0.3) is 0 Å². The zero-order chi connectivity index (χ0) is 38.4. The maximum Gasteiger partial charge on any atom is 0.227 e. The third-order valence-electron chi connectivity index (χ3n) is 10.7. The second-order valence-electron chi connectivity index (χ2n) is 14.3. The van der Waals surface area contributed by atoms with E-state index < -0.39 is 0 Å². The maximum atomic E-state index is 6.64. The van der Waals surface area contributed by atoms with Crippen molar-refractivity contribution in [3.8, 4) is 73.6 Å². The first-order chi connectivity index (χ1) is 28.7. The highest BCUT2D eigenvalue weighted by molar-refractivity contribution is 6.10. The summed E-state index contributed by atoms with van der Waals surface area (Å²) in [6.45, 7) is 0. The standard InChI is InChI=1S/C52H33N5O/c1-4-14-34(15-5-1)35-26-28-36(29-27-35)38-18-12-19-40(32-38)52-53-45-24-13-23-43(48(45)58-52)51-55-49(37-16-6-2-7-17-37)54-50(56-51)39-30-31-47-44(33-39)42-22-10-11-25-46(42)57(47)41-20-8-3-9-21-41/h1-33H. The van der Waals surface area contributed by atoms with Crippen LogP contribution in [0.5, 0.6) is 0 Å². The highest BCUT2D eigenvalue weighted by Crippen LogP contribution is 2.37. The number of nitrogens with zero attached hydrogens (tertiary/aromatic N) is 5. The van der Waals surface area contributed by atoms with Crippen molar-refractivity contribution in [2.75, 3.05) is 0 Å². The van der Waals surface area contributed by atoms with Crippen molar-refractivity contribution in [2.45, 2.75) is 0 Å². The Bertz CT molecular complexity index is 3260. The van der Waals surface area contributed by atoms with Gasteiger partial charge in [0, 0.05) is 33.2 Å². The molecule has 6 nitrogen and oxygen atoms in total. The molecule has 0 N–H and O–H groups in total.